The normalized spacial score (nSPS) is 25.5. The first kappa shape index (κ1) is 12.5. The molecule has 1 saturated carbocycles. The van der Waals surface area contributed by atoms with E-state index in [1.165, 1.54) is 32.1 Å². The van der Waals surface area contributed by atoms with Crippen molar-refractivity contribution in [2.75, 3.05) is 6.61 Å². The van der Waals surface area contributed by atoms with Gasteiger partial charge in [-0.05, 0) is 32.1 Å². The van der Waals surface area contributed by atoms with Crippen molar-refractivity contribution >= 4 is 5.97 Å². The van der Waals surface area contributed by atoms with E-state index >= 15 is 0 Å². The first-order chi connectivity index (χ1) is 7.27. The first-order valence-corrected chi connectivity index (χ1v) is 6.44. The lowest BCUT2D eigenvalue weighted by Crippen LogP contribution is -2.14. The Labute approximate surface area is 93.4 Å². The number of rotatable bonds is 6. The lowest BCUT2D eigenvalue weighted by Gasteiger charge is -2.10. The van der Waals surface area contributed by atoms with Gasteiger partial charge in [0, 0.05) is 0 Å². The van der Waals surface area contributed by atoms with E-state index in [4.69, 9.17) is 4.74 Å². The molecule has 1 aliphatic carbocycles. The van der Waals surface area contributed by atoms with Gasteiger partial charge >= 0.3 is 5.97 Å². The van der Waals surface area contributed by atoms with Crippen molar-refractivity contribution in [3.05, 3.63) is 0 Å². The van der Waals surface area contributed by atoms with E-state index in [9.17, 15) is 4.79 Å². The zero-order chi connectivity index (χ0) is 11.1. The zero-order valence-electron chi connectivity index (χ0n) is 10.1. The first-order valence-electron chi connectivity index (χ1n) is 6.44. The predicted octanol–water partition coefficient (Wildman–Crippen LogP) is 3.55. The zero-order valence-corrected chi connectivity index (χ0v) is 10.1. The maximum absolute atomic E-state index is 11.5. The van der Waals surface area contributed by atoms with E-state index in [-0.39, 0.29) is 11.9 Å². The van der Waals surface area contributed by atoms with E-state index in [0.717, 1.165) is 18.8 Å². The fourth-order valence-corrected chi connectivity index (χ4v) is 2.49. The molecule has 1 fully saturated rings. The largest absolute Gasteiger partial charge is 0.466 e. The Morgan fingerprint density at radius 1 is 1.27 bits per heavy atom. The van der Waals surface area contributed by atoms with Gasteiger partial charge in [-0.15, -0.1) is 0 Å². The summed E-state index contributed by atoms with van der Waals surface area (Å²) >= 11 is 0. The van der Waals surface area contributed by atoms with Gasteiger partial charge in [0.2, 0.25) is 0 Å². The van der Waals surface area contributed by atoms with Crippen molar-refractivity contribution in [2.24, 2.45) is 11.8 Å². The van der Waals surface area contributed by atoms with E-state index in [0.29, 0.717) is 6.61 Å². The minimum absolute atomic E-state index is 0.0375. The summed E-state index contributed by atoms with van der Waals surface area (Å²) in [6, 6.07) is 0. The van der Waals surface area contributed by atoms with Crippen molar-refractivity contribution < 1.29 is 9.53 Å². The summed E-state index contributed by atoms with van der Waals surface area (Å²) in [6.07, 6.45) is 8.61. The summed E-state index contributed by atoms with van der Waals surface area (Å²) < 4.78 is 5.06. The molecule has 2 nitrogen and oxygen atoms in total. The Morgan fingerprint density at radius 3 is 2.73 bits per heavy atom. The summed E-state index contributed by atoms with van der Waals surface area (Å²) in [5.41, 5.74) is 0. The van der Waals surface area contributed by atoms with E-state index in [1.54, 1.807) is 0 Å². The molecule has 0 radical (unpaired) electrons. The van der Waals surface area contributed by atoms with Gasteiger partial charge in [-0.25, -0.2) is 0 Å². The van der Waals surface area contributed by atoms with Crippen molar-refractivity contribution in [3.8, 4) is 0 Å². The van der Waals surface area contributed by atoms with Crippen LogP contribution in [0.1, 0.15) is 58.8 Å². The molecule has 0 heterocycles. The van der Waals surface area contributed by atoms with Crippen LogP contribution in [-0.4, -0.2) is 12.6 Å². The molecular formula is C13H24O2. The van der Waals surface area contributed by atoms with Crippen molar-refractivity contribution in [1.82, 2.24) is 0 Å². The van der Waals surface area contributed by atoms with Crippen LogP contribution in [0, 0.1) is 11.8 Å². The lowest BCUT2D eigenvalue weighted by molar-refractivity contribution is -0.147. The number of hydrogen-bond acceptors (Lipinski definition) is 2. The van der Waals surface area contributed by atoms with Crippen LogP contribution >= 0.6 is 0 Å². The van der Waals surface area contributed by atoms with Gasteiger partial charge in [0.1, 0.15) is 0 Å². The highest BCUT2D eigenvalue weighted by atomic mass is 16.5. The lowest BCUT2D eigenvalue weighted by atomic mass is 9.98. The highest BCUT2D eigenvalue weighted by molar-refractivity contribution is 5.72. The van der Waals surface area contributed by atoms with Gasteiger partial charge < -0.3 is 4.74 Å². The second kappa shape index (κ2) is 6.86. The molecule has 0 amide bonds. The van der Waals surface area contributed by atoms with Crippen molar-refractivity contribution in [1.29, 1.82) is 0 Å². The number of ether oxygens (including phenoxy) is 1. The third-order valence-electron chi connectivity index (χ3n) is 3.38. The Bertz CT molecular complexity index is 189. The van der Waals surface area contributed by atoms with E-state index < -0.39 is 0 Å². The third kappa shape index (κ3) is 4.23. The molecular weight excluding hydrogens is 188 g/mol. The quantitative estimate of drug-likeness (QED) is 0.497. The molecule has 2 heteroatoms. The molecule has 0 aliphatic heterocycles. The predicted molar refractivity (Wildman–Crippen MR) is 61.6 cm³/mol. The Morgan fingerprint density at radius 2 is 2.07 bits per heavy atom. The van der Waals surface area contributed by atoms with Crippen LogP contribution in [0.25, 0.3) is 0 Å². The highest BCUT2D eigenvalue weighted by Crippen LogP contribution is 2.34. The fraction of sp³-hybridized carbons (Fsp3) is 0.923. The second-order valence-corrected chi connectivity index (χ2v) is 4.62. The molecule has 0 aromatic carbocycles. The maximum atomic E-state index is 11.5. The average Bonchev–Trinajstić information content (AvgIpc) is 2.67. The van der Waals surface area contributed by atoms with Gasteiger partial charge in [0.05, 0.1) is 12.5 Å². The van der Waals surface area contributed by atoms with Gasteiger partial charge in [0.15, 0.2) is 0 Å². The summed E-state index contributed by atoms with van der Waals surface area (Å²) in [4.78, 5) is 11.5. The minimum Gasteiger partial charge on any atom is -0.466 e. The van der Waals surface area contributed by atoms with Crippen LogP contribution in [0.2, 0.25) is 0 Å². The maximum Gasteiger partial charge on any atom is 0.308 e. The Balaban J connectivity index is 2.17. The number of carbonyl (C=O) groups excluding carboxylic acids is 1. The van der Waals surface area contributed by atoms with Crippen LogP contribution in [0.3, 0.4) is 0 Å². The molecule has 2 atom stereocenters. The molecule has 0 aromatic rings. The van der Waals surface area contributed by atoms with Crippen LogP contribution in [0.15, 0.2) is 0 Å². The number of unbranched alkanes of at least 4 members (excludes halogenated alkanes) is 2. The van der Waals surface area contributed by atoms with Gasteiger partial charge in [-0.1, -0.05) is 32.6 Å². The van der Waals surface area contributed by atoms with E-state index in [2.05, 4.69) is 6.92 Å². The average molecular weight is 212 g/mol. The van der Waals surface area contributed by atoms with Gasteiger partial charge in [0.25, 0.3) is 0 Å². The summed E-state index contributed by atoms with van der Waals surface area (Å²) in [5, 5.41) is 0. The molecule has 1 aliphatic rings. The summed E-state index contributed by atoms with van der Waals surface area (Å²) in [5.74, 6) is 1.03. The van der Waals surface area contributed by atoms with Crippen LogP contribution in [0.5, 0.6) is 0 Å². The number of hydrogen-bond donors (Lipinski definition) is 0. The van der Waals surface area contributed by atoms with Gasteiger partial charge in [-0.3, -0.25) is 4.79 Å². The van der Waals surface area contributed by atoms with Crippen LogP contribution in [-0.2, 0) is 9.53 Å². The number of esters is 1. The minimum atomic E-state index is 0.0375. The molecule has 0 aromatic heterocycles. The molecule has 0 N–H and O–H groups in total. The molecule has 0 spiro atoms. The third-order valence-corrected chi connectivity index (χ3v) is 3.38. The van der Waals surface area contributed by atoms with Crippen LogP contribution < -0.4 is 0 Å². The Hall–Kier alpha value is -0.530. The highest BCUT2D eigenvalue weighted by Gasteiger charge is 2.30. The smallest absolute Gasteiger partial charge is 0.308 e. The topological polar surface area (TPSA) is 26.3 Å². The SMILES string of the molecule is CCCCC[C@H]1CC[C@@H](C(=O)OCC)C1. The molecule has 15 heavy (non-hydrogen) atoms. The standard InChI is InChI=1S/C13H24O2/c1-3-5-6-7-11-8-9-12(10-11)13(14)15-4-2/h11-12H,3-10H2,1-2H3/t11-,12+/m0/s1. The van der Waals surface area contributed by atoms with Crippen molar-refractivity contribution in [2.45, 2.75) is 58.8 Å². The summed E-state index contributed by atoms with van der Waals surface area (Å²) in [7, 11) is 0. The molecule has 0 unspecified atom stereocenters. The van der Waals surface area contributed by atoms with E-state index in [1.807, 2.05) is 6.92 Å². The van der Waals surface area contributed by atoms with Crippen LogP contribution in [0.4, 0.5) is 0 Å². The Kier molecular flexibility index (Phi) is 5.74. The second-order valence-electron chi connectivity index (χ2n) is 4.62. The monoisotopic (exact) mass is 212 g/mol. The number of carbonyl (C=O) groups is 1. The van der Waals surface area contributed by atoms with Crippen molar-refractivity contribution in [3.63, 3.8) is 0 Å². The molecule has 88 valence electrons. The fourth-order valence-electron chi connectivity index (χ4n) is 2.49. The molecule has 0 bridgehead atoms. The molecule has 0 saturated heterocycles. The summed E-state index contributed by atoms with van der Waals surface area (Å²) in [6.45, 7) is 4.64. The molecule has 1 rings (SSSR count). The van der Waals surface area contributed by atoms with Gasteiger partial charge in [-0.2, -0.15) is 0 Å².